The van der Waals surface area contributed by atoms with Gasteiger partial charge in [-0.3, -0.25) is 0 Å². The molecule has 0 radical (unpaired) electrons. The second-order valence-corrected chi connectivity index (χ2v) is 4.17. The number of rotatable bonds is 4. The fourth-order valence-corrected chi connectivity index (χ4v) is 2.03. The zero-order valence-electron chi connectivity index (χ0n) is 10.8. The van der Waals surface area contributed by atoms with Crippen LogP contribution in [0.5, 0.6) is 0 Å². The van der Waals surface area contributed by atoms with Crippen molar-refractivity contribution in [3.63, 3.8) is 0 Å². The number of imidazole rings is 1. The van der Waals surface area contributed by atoms with Crippen LogP contribution < -0.4 is 5.73 Å². The van der Waals surface area contributed by atoms with Crippen LogP contribution in [-0.2, 0) is 4.74 Å². The Kier molecular flexibility index (Phi) is 3.57. The van der Waals surface area contributed by atoms with Crippen LogP contribution in [-0.4, -0.2) is 33.2 Å². The molecule has 0 saturated carbocycles. The van der Waals surface area contributed by atoms with Gasteiger partial charge in [-0.05, 0) is 19.9 Å². The molecule has 6 heteroatoms. The van der Waals surface area contributed by atoms with Crippen molar-refractivity contribution in [2.45, 2.75) is 19.9 Å². The highest BCUT2D eigenvalue weighted by molar-refractivity contribution is 5.55. The van der Waals surface area contributed by atoms with Crippen molar-refractivity contribution in [2.24, 2.45) is 0 Å². The second-order valence-electron chi connectivity index (χ2n) is 4.17. The van der Waals surface area contributed by atoms with Gasteiger partial charge in [0.1, 0.15) is 5.82 Å². The minimum atomic E-state index is 0.184. The minimum Gasteiger partial charge on any atom is -0.383 e. The maximum absolute atomic E-state index is 5.61. The van der Waals surface area contributed by atoms with Crippen LogP contribution >= 0.6 is 0 Å². The van der Waals surface area contributed by atoms with Crippen molar-refractivity contribution in [1.82, 2.24) is 19.5 Å². The molecule has 0 aromatic carbocycles. The Hall–Kier alpha value is -1.95. The second kappa shape index (κ2) is 5.14. The number of methoxy groups -OCH3 is 1. The normalized spacial score (nSPS) is 12.6. The highest BCUT2D eigenvalue weighted by Gasteiger charge is 2.15. The van der Waals surface area contributed by atoms with Crippen molar-refractivity contribution < 1.29 is 4.74 Å². The summed E-state index contributed by atoms with van der Waals surface area (Å²) in [6.07, 6.45) is 3.44. The molecule has 18 heavy (non-hydrogen) atoms. The molecule has 2 heterocycles. The topological polar surface area (TPSA) is 78.9 Å². The fraction of sp³-hybridized carbons (Fsp3) is 0.417. The molecule has 96 valence electrons. The molecule has 2 N–H and O–H groups in total. The Morgan fingerprint density at radius 1 is 1.44 bits per heavy atom. The van der Waals surface area contributed by atoms with Crippen LogP contribution in [0.1, 0.15) is 18.8 Å². The molecule has 0 aliphatic heterocycles. The van der Waals surface area contributed by atoms with Gasteiger partial charge < -0.3 is 15.0 Å². The SMILES string of the molecule is COCC(C)n1c(-c2ccnc(N)n2)cnc1C. The molecule has 0 amide bonds. The predicted molar refractivity (Wildman–Crippen MR) is 69.0 cm³/mol. The summed E-state index contributed by atoms with van der Waals surface area (Å²) in [5, 5.41) is 0. The van der Waals surface area contributed by atoms with Gasteiger partial charge in [0.15, 0.2) is 0 Å². The maximum atomic E-state index is 5.61. The van der Waals surface area contributed by atoms with Gasteiger partial charge in [-0.25, -0.2) is 15.0 Å². The van der Waals surface area contributed by atoms with E-state index in [4.69, 9.17) is 10.5 Å². The highest BCUT2D eigenvalue weighted by atomic mass is 16.5. The number of ether oxygens (including phenoxy) is 1. The molecule has 2 aromatic rings. The number of nitrogens with zero attached hydrogens (tertiary/aromatic N) is 4. The lowest BCUT2D eigenvalue weighted by Crippen LogP contribution is -2.14. The van der Waals surface area contributed by atoms with Gasteiger partial charge >= 0.3 is 0 Å². The summed E-state index contributed by atoms with van der Waals surface area (Å²) in [7, 11) is 1.69. The van der Waals surface area contributed by atoms with E-state index in [-0.39, 0.29) is 12.0 Å². The number of nitrogen functional groups attached to an aromatic ring is 1. The third-order valence-corrected chi connectivity index (χ3v) is 2.77. The first-order valence-electron chi connectivity index (χ1n) is 5.75. The summed E-state index contributed by atoms with van der Waals surface area (Å²) in [6, 6.07) is 2.01. The summed E-state index contributed by atoms with van der Waals surface area (Å²) in [4.78, 5) is 12.5. The Labute approximate surface area is 106 Å². The summed E-state index contributed by atoms with van der Waals surface area (Å²) in [6.45, 7) is 4.65. The van der Waals surface area contributed by atoms with Crippen molar-refractivity contribution in [1.29, 1.82) is 0 Å². The van der Waals surface area contributed by atoms with Crippen LogP contribution in [0.2, 0.25) is 0 Å². The van der Waals surface area contributed by atoms with Crippen molar-refractivity contribution in [3.8, 4) is 11.4 Å². The molecule has 2 aromatic heterocycles. The largest absolute Gasteiger partial charge is 0.383 e. The maximum Gasteiger partial charge on any atom is 0.220 e. The third-order valence-electron chi connectivity index (χ3n) is 2.77. The molecule has 0 spiro atoms. The average molecular weight is 247 g/mol. The third kappa shape index (κ3) is 2.33. The minimum absolute atomic E-state index is 0.184. The molecule has 0 bridgehead atoms. The van der Waals surface area contributed by atoms with E-state index < -0.39 is 0 Å². The van der Waals surface area contributed by atoms with E-state index in [9.17, 15) is 0 Å². The van der Waals surface area contributed by atoms with Crippen molar-refractivity contribution >= 4 is 5.95 Å². The van der Waals surface area contributed by atoms with Crippen molar-refractivity contribution in [3.05, 3.63) is 24.3 Å². The molecule has 1 atom stereocenters. The predicted octanol–water partition coefficient (Wildman–Crippen LogP) is 1.44. The molecular formula is C12H17N5O. The summed E-state index contributed by atoms with van der Waals surface area (Å²) in [5.41, 5.74) is 7.30. The number of hydrogen-bond acceptors (Lipinski definition) is 5. The van der Waals surface area contributed by atoms with Crippen LogP contribution in [0.4, 0.5) is 5.95 Å². The molecule has 0 fully saturated rings. The quantitative estimate of drug-likeness (QED) is 0.884. The van der Waals surface area contributed by atoms with Crippen molar-refractivity contribution in [2.75, 3.05) is 19.5 Å². The van der Waals surface area contributed by atoms with Crippen LogP contribution in [0.3, 0.4) is 0 Å². The zero-order chi connectivity index (χ0) is 13.1. The molecule has 1 unspecified atom stereocenters. The summed E-state index contributed by atoms with van der Waals surface area (Å²) >= 11 is 0. The lowest BCUT2D eigenvalue weighted by atomic mass is 10.2. The lowest BCUT2D eigenvalue weighted by Gasteiger charge is -2.17. The Morgan fingerprint density at radius 2 is 2.22 bits per heavy atom. The molecule has 0 aliphatic rings. The molecule has 6 nitrogen and oxygen atoms in total. The number of aromatic nitrogens is 4. The Balaban J connectivity index is 2.45. The molecule has 2 rings (SSSR count). The zero-order valence-corrected chi connectivity index (χ0v) is 10.8. The first-order chi connectivity index (χ1) is 8.63. The van der Waals surface area contributed by atoms with E-state index in [1.165, 1.54) is 0 Å². The van der Waals surface area contributed by atoms with Gasteiger partial charge in [0.2, 0.25) is 5.95 Å². The standard InChI is InChI=1S/C12H17N5O/c1-8(7-18-3)17-9(2)15-6-11(17)10-4-5-14-12(13)16-10/h4-6,8H,7H2,1-3H3,(H2,13,14,16). The first-order valence-corrected chi connectivity index (χ1v) is 5.75. The van der Waals surface area contributed by atoms with E-state index in [0.29, 0.717) is 6.61 Å². The van der Waals surface area contributed by atoms with E-state index in [0.717, 1.165) is 17.2 Å². The highest BCUT2D eigenvalue weighted by Crippen LogP contribution is 2.23. The number of anilines is 1. The van der Waals surface area contributed by atoms with Gasteiger partial charge in [-0.2, -0.15) is 0 Å². The van der Waals surface area contributed by atoms with Gasteiger partial charge in [0.05, 0.1) is 30.2 Å². The number of nitrogens with two attached hydrogens (primary N) is 1. The number of hydrogen-bond donors (Lipinski definition) is 1. The summed E-state index contributed by atoms with van der Waals surface area (Å²) < 4.78 is 7.28. The monoisotopic (exact) mass is 247 g/mol. The van der Waals surface area contributed by atoms with Gasteiger partial charge in [-0.15, -0.1) is 0 Å². The van der Waals surface area contributed by atoms with Gasteiger partial charge in [0, 0.05) is 13.3 Å². The Bertz CT molecular complexity index is 537. The van der Waals surface area contributed by atoms with E-state index in [1.54, 1.807) is 19.5 Å². The fourth-order valence-electron chi connectivity index (χ4n) is 2.03. The average Bonchev–Trinajstić information content (AvgIpc) is 2.71. The first kappa shape index (κ1) is 12.5. The summed E-state index contributed by atoms with van der Waals surface area (Å²) in [5.74, 6) is 1.18. The molecule has 0 aliphatic carbocycles. The van der Waals surface area contributed by atoms with Gasteiger partial charge in [0.25, 0.3) is 0 Å². The van der Waals surface area contributed by atoms with Gasteiger partial charge in [-0.1, -0.05) is 0 Å². The number of aryl methyl sites for hydroxylation is 1. The van der Waals surface area contributed by atoms with Crippen LogP contribution in [0.15, 0.2) is 18.5 Å². The van der Waals surface area contributed by atoms with E-state index in [1.807, 2.05) is 13.0 Å². The molecule has 0 saturated heterocycles. The molecular weight excluding hydrogens is 230 g/mol. The lowest BCUT2D eigenvalue weighted by molar-refractivity contribution is 0.162. The van der Waals surface area contributed by atoms with E-state index in [2.05, 4.69) is 26.4 Å². The van der Waals surface area contributed by atoms with E-state index >= 15 is 0 Å². The van der Waals surface area contributed by atoms with Crippen LogP contribution in [0, 0.1) is 6.92 Å². The smallest absolute Gasteiger partial charge is 0.220 e. The Morgan fingerprint density at radius 3 is 2.89 bits per heavy atom. The van der Waals surface area contributed by atoms with Crippen LogP contribution in [0.25, 0.3) is 11.4 Å².